The van der Waals surface area contributed by atoms with Crippen molar-refractivity contribution in [3.05, 3.63) is 81.2 Å². The van der Waals surface area contributed by atoms with Gasteiger partial charge in [0.15, 0.2) is 4.96 Å². The molecular weight excluding hydrogens is 408 g/mol. The summed E-state index contributed by atoms with van der Waals surface area (Å²) in [4.78, 5) is 18.6. The zero-order chi connectivity index (χ0) is 21.4. The van der Waals surface area contributed by atoms with E-state index in [4.69, 9.17) is 9.72 Å². The van der Waals surface area contributed by atoms with Gasteiger partial charge >= 0.3 is 0 Å². The maximum absolute atomic E-state index is 13.2. The Labute approximate surface area is 183 Å². The molecule has 5 rings (SSSR count). The minimum absolute atomic E-state index is 0.125. The maximum Gasteiger partial charge on any atom is 0.266 e. The minimum atomic E-state index is -0.125. The lowest BCUT2D eigenvalue weighted by molar-refractivity contribution is 0.408. The fraction of sp³-hybridized carbons (Fsp3) is 0.200. The van der Waals surface area contributed by atoms with Crippen LogP contribution in [-0.4, -0.2) is 21.6 Å². The predicted octanol–water partition coefficient (Wildman–Crippen LogP) is 5.26. The molecule has 6 heteroatoms. The van der Waals surface area contributed by atoms with Gasteiger partial charge < -0.3 is 9.84 Å². The van der Waals surface area contributed by atoms with Gasteiger partial charge in [0, 0.05) is 17.1 Å². The first kappa shape index (κ1) is 19.6. The zero-order valence-corrected chi connectivity index (χ0v) is 17.9. The molecule has 2 heterocycles. The van der Waals surface area contributed by atoms with E-state index in [9.17, 15) is 9.90 Å². The van der Waals surface area contributed by atoms with Gasteiger partial charge in [0.2, 0.25) is 0 Å². The summed E-state index contributed by atoms with van der Waals surface area (Å²) < 4.78 is 7.18. The van der Waals surface area contributed by atoms with Crippen LogP contribution in [0, 0.1) is 5.92 Å². The SMILES string of the molecule is COc1cccc(/C=C/c2nc3sccn3c(=O)c2-c2ccc(O)cc2)c1CC1CC1. The maximum atomic E-state index is 13.2. The predicted molar refractivity (Wildman–Crippen MR) is 125 cm³/mol. The van der Waals surface area contributed by atoms with E-state index < -0.39 is 0 Å². The lowest BCUT2D eigenvalue weighted by Gasteiger charge is -2.12. The number of benzene rings is 2. The summed E-state index contributed by atoms with van der Waals surface area (Å²) >= 11 is 1.43. The third-order valence-electron chi connectivity index (χ3n) is 5.65. The van der Waals surface area contributed by atoms with Gasteiger partial charge in [-0.25, -0.2) is 4.98 Å². The van der Waals surface area contributed by atoms with Crippen LogP contribution < -0.4 is 10.3 Å². The number of ether oxygens (including phenoxy) is 1. The Morgan fingerprint density at radius 3 is 2.74 bits per heavy atom. The highest BCUT2D eigenvalue weighted by atomic mass is 32.1. The second-order valence-electron chi connectivity index (χ2n) is 7.79. The quantitative estimate of drug-likeness (QED) is 0.453. The Hall–Kier alpha value is -3.38. The molecule has 1 fully saturated rings. The molecular formula is C25H22N2O3S. The van der Waals surface area contributed by atoms with Crippen molar-refractivity contribution in [3.8, 4) is 22.6 Å². The topological polar surface area (TPSA) is 63.8 Å². The molecule has 2 aromatic carbocycles. The van der Waals surface area contributed by atoms with Crippen LogP contribution in [0.5, 0.6) is 11.5 Å². The molecule has 0 bridgehead atoms. The van der Waals surface area contributed by atoms with E-state index in [0.717, 1.165) is 29.2 Å². The summed E-state index contributed by atoms with van der Waals surface area (Å²) in [6.45, 7) is 0. The van der Waals surface area contributed by atoms with Crippen molar-refractivity contribution in [2.75, 3.05) is 7.11 Å². The van der Waals surface area contributed by atoms with Crippen LogP contribution in [0.15, 0.2) is 58.8 Å². The number of methoxy groups -OCH3 is 1. The number of thiazole rings is 1. The Bertz CT molecular complexity index is 1330. The van der Waals surface area contributed by atoms with Gasteiger partial charge in [-0.05, 0) is 60.6 Å². The van der Waals surface area contributed by atoms with E-state index in [2.05, 4.69) is 6.07 Å². The standard InChI is InChI=1S/C25H22N2O3S/c1-30-22-4-2-3-17(20(22)15-16-5-6-16)9-12-21-23(18-7-10-19(28)11-8-18)24(29)27-13-14-31-25(27)26-21/h2-4,7-14,16,28H,5-6,15H2,1H3/b12-9+. The van der Waals surface area contributed by atoms with Crippen LogP contribution in [0.2, 0.25) is 0 Å². The fourth-order valence-corrected chi connectivity index (χ4v) is 4.56. The molecule has 4 aromatic rings. The average molecular weight is 431 g/mol. The molecule has 1 N–H and O–H groups in total. The number of fused-ring (bicyclic) bond motifs is 1. The molecule has 156 valence electrons. The first-order valence-corrected chi connectivity index (χ1v) is 11.1. The Balaban J connectivity index is 1.64. The van der Waals surface area contributed by atoms with Crippen molar-refractivity contribution >= 4 is 28.4 Å². The molecule has 1 aliphatic rings. The number of rotatable bonds is 6. The monoisotopic (exact) mass is 430 g/mol. The van der Waals surface area contributed by atoms with E-state index >= 15 is 0 Å². The molecule has 0 unspecified atom stereocenters. The first-order chi connectivity index (χ1) is 15.1. The normalized spacial score (nSPS) is 13.8. The molecule has 0 radical (unpaired) electrons. The zero-order valence-electron chi connectivity index (χ0n) is 17.1. The molecule has 0 atom stereocenters. The second-order valence-corrected chi connectivity index (χ2v) is 8.66. The molecule has 0 spiro atoms. The third kappa shape index (κ3) is 3.86. The van der Waals surface area contributed by atoms with Crippen LogP contribution in [0.25, 0.3) is 28.2 Å². The van der Waals surface area contributed by atoms with Gasteiger partial charge in [0.05, 0.1) is 18.4 Å². The summed E-state index contributed by atoms with van der Waals surface area (Å²) in [6.07, 6.45) is 9.20. The number of nitrogens with zero attached hydrogens (tertiary/aromatic N) is 2. The van der Waals surface area contributed by atoms with E-state index in [-0.39, 0.29) is 11.3 Å². The van der Waals surface area contributed by atoms with Crippen LogP contribution in [-0.2, 0) is 6.42 Å². The molecule has 0 aliphatic heterocycles. The van der Waals surface area contributed by atoms with E-state index in [1.165, 1.54) is 29.7 Å². The first-order valence-electron chi connectivity index (χ1n) is 10.3. The van der Waals surface area contributed by atoms with Gasteiger partial charge in [0.1, 0.15) is 11.5 Å². The number of aromatic hydroxyl groups is 1. The summed E-state index contributed by atoms with van der Waals surface area (Å²) in [5.41, 5.74) is 4.00. The van der Waals surface area contributed by atoms with Crippen LogP contribution in [0.3, 0.4) is 0 Å². The average Bonchev–Trinajstić information content (AvgIpc) is 3.47. The van der Waals surface area contributed by atoms with Gasteiger partial charge in [0.25, 0.3) is 5.56 Å². The molecule has 5 nitrogen and oxygen atoms in total. The van der Waals surface area contributed by atoms with Crippen molar-refractivity contribution in [2.24, 2.45) is 5.92 Å². The van der Waals surface area contributed by atoms with E-state index in [0.29, 0.717) is 16.2 Å². The van der Waals surface area contributed by atoms with Gasteiger partial charge in [-0.2, -0.15) is 0 Å². The molecule has 0 amide bonds. The highest BCUT2D eigenvalue weighted by Gasteiger charge is 2.24. The second kappa shape index (κ2) is 8.04. The smallest absolute Gasteiger partial charge is 0.266 e. The number of hydrogen-bond donors (Lipinski definition) is 1. The molecule has 1 saturated carbocycles. The summed E-state index contributed by atoms with van der Waals surface area (Å²) in [5.74, 6) is 1.78. The third-order valence-corrected chi connectivity index (χ3v) is 6.41. The minimum Gasteiger partial charge on any atom is -0.508 e. The lowest BCUT2D eigenvalue weighted by atomic mass is 9.99. The molecule has 1 aliphatic carbocycles. The van der Waals surface area contributed by atoms with Crippen molar-refractivity contribution in [1.82, 2.24) is 9.38 Å². The summed E-state index contributed by atoms with van der Waals surface area (Å²) in [5, 5.41) is 11.5. The van der Waals surface area contributed by atoms with E-state index in [1.807, 2.05) is 29.7 Å². The Kier molecular flexibility index (Phi) is 5.08. The summed E-state index contributed by atoms with van der Waals surface area (Å²) in [7, 11) is 1.70. The van der Waals surface area contributed by atoms with Crippen molar-refractivity contribution in [1.29, 1.82) is 0 Å². The van der Waals surface area contributed by atoms with Crippen LogP contribution >= 0.6 is 11.3 Å². The van der Waals surface area contributed by atoms with Gasteiger partial charge in [-0.15, -0.1) is 11.3 Å². The largest absolute Gasteiger partial charge is 0.508 e. The Morgan fingerprint density at radius 2 is 2.00 bits per heavy atom. The van der Waals surface area contributed by atoms with Crippen molar-refractivity contribution in [3.63, 3.8) is 0 Å². The Morgan fingerprint density at radius 1 is 1.19 bits per heavy atom. The lowest BCUT2D eigenvalue weighted by Crippen LogP contribution is -2.16. The number of hydrogen-bond acceptors (Lipinski definition) is 5. The van der Waals surface area contributed by atoms with E-state index in [1.54, 1.807) is 42.0 Å². The number of phenols is 1. The molecule has 0 saturated heterocycles. The van der Waals surface area contributed by atoms with Gasteiger partial charge in [-0.3, -0.25) is 9.20 Å². The number of aromatic nitrogens is 2. The number of phenolic OH excluding ortho intramolecular Hbond substituents is 1. The molecule has 31 heavy (non-hydrogen) atoms. The summed E-state index contributed by atoms with van der Waals surface area (Å²) in [6, 6.07) is 12.7. The van der Waals surface area contributed by atoms with Crippen molar-refractivity contribution in [2.45, 2.75) is 19.3 Å². The highest BCUT2D eigenvalue weighted by molar-refractivity contribution is 7.15. The van der Waals surface area contributed by atoms with Crippen LogP contribution in [0.1, 0.15) is 29.7 Å². The molecule has 2 aromatic heterocycles. The van der Waals surface area contributed by atoms with Crippen LogP contribution in [0.4, 0.5) is 0 Å². The van der Waals surface area contributed by atoms with Crippen molar-refractivity contribution < 1.29 is 9.84 Å². The fourth-order valence-electron chi connectivity index (χ4n) is 3.84. The van der Waals surface area contributed by atoms with Gasteiger partial charge in [-0.1, -0.05) is 30.3 Å². The highest BCUT2D eigenvalue weighted by Crippen LogP contribution is 2.37.